The lowest BCUT2D eigenvalue weighted by Crippen LogP contribution is -2.60. The third-order valence-electron chi connectivity index (χ3n) is 4.92. The number of carbonyl (C=O) groups excluding carboxylic acids is 1. The van der Waals surface area contributed by atoms with E-state index in [0.29, 0.717) is 34.5 Å². The molecule has 2 heterocycles. The maximum absolute atomic E-state index is 13.1. The summed E-state index contributed by atoms with van der Waals surface area (Å²) in [5.41, 5.74) is 2.34. The number of rotatable bonds is 6. The van der Waals surface area contributed by atoms with E-state index >= 15 is 0 Å². The van der Waals surface area contributed by atoms with Gasteiger partial charge in [-0.1, -0.05) is 43.5 Å². The first-order valence-electron chi connectivity index (χ1n) is 9.97. The summed E-state index contributed by atoms with van der Waals surface area (Å²) in [5, 5.41) is 5.22. The van der Waals surface area contributed by atoms with Crippen LogP contribution in [0.25, 0.3) is 11.3 Å². The highest BCUT2D eigenvalue weighted by Crippen LogP contribution is 2.37. The van der Waals surface area contributed by atoms with Crippen LogP contribution in [0.5, 0.6) is 5.75 Å². The van der Waals surface area contributed by atoms with Gasteiger partial charge in [-0.05, 0) is 46.8 Å². The second kappa shape index (κ2) is 8.77. The molecule has 0 saturated heterocycles. The molecule has 4 rings (SSSR count). The molecule has 2 aromatic carbocycles. The molecule has 1 amide bonds. The van der Waals surface area contributed by atoms with Crippen LogP contribution in [0, 0.1) is 0 Å². The highest BCUT2D eigenvalue weighted by molar-refractivity contribution is 7.99. The Hall–Kier alpha value is -3.39. The predicted octanol–water partition coefficient (Wildman–Crippen LogP) is 3.31. The van der Waals surface area contributed by atoms with Crippen molar-refractivity contribution in [2.45, 2.75) is 25.2 Å². The normalized spacial score (nSPS) is 14.5. The van der Waals surface area contributed by atoms with Crippen LogP contribution in [0.3, 0.4) is 0 Å². The van der Waals surface area contributed by atoms with Crippen LogP contribution in [-0.4, -0.2) is 28.3 Å². The first-order valence-corrected chi connectivity index (χ1v) is 11.0. The van der Waals surface area contributed by atoms with E-state index in [1.54, 1.807) is 15.7 Å². The third kappa shape index (κ3) is 3.86. The maximum Gasteiger partial charge on any atom is 0.325 e. The molecule has 158 valence electrons. The molecule has 7 nitrogen and oxygen atoms in total. The number of amides is 1. The summed E-state index contributed by atoms with van der Waals surface area (Å²) in [6, 6.07) is 14.8. The van der Waals surface area contributed by atoms with Gasteiger partial charge in [0.15, 0.2) is 0 Å². The van der Waals surface area contributed by atoms with Gasteiger partial charge in [-0.2, -0.15) is 0 Å². The highest BCUT2D eigenvalue weighted by atomic mass is 32.2. The lowest BCUT2D eigenvalue weighted by Gasteiger charge is -2.31. The number of nitrogens with one attached hydrogen (secondary N) is 1. The lowest BCUT2D eigenvalue weighted by atomic mass is 10.0. The van der Waals surface area contributed by atoms with E-state index in [0.717, 1.165) is 11.3 Å². The van der Waals surface area contributed by atoms with E-state index in [2.05, 4.69) is 11.6 Å². The smallest absolute Gasteiger partial charge is 0.325 e. The van der Waals surface area contributed by atoms with Crippen LogP contribution < -0.4 is 19.9 Å². The van der Waals surface area contributed by atoms with Crippen molar-refractivity contribution >= 4 is 23.4 Å². The standard InChI is InChI=1S/C23H22N4O3S/c1-4-14-30-17-12-10-16(11-13-17)22-26(15(3)28)19-9-7-6-8-18(19)20-21(29)24-23(31-5-2)25-27(20)22/h4,6-13,22H,1,5,14H2,2-3H3/p+1/t22-/m1/s1. The van der Waals surface area contributed by atoms with Crippen LogP contribution in [0.2, 0.25) is 0 Å². The second-order valence-electron chi connectivity index (χ2n) is 6.93. The fourth-order valence-corrected chi connectivity index (χ4v) is 4.29. The molecule has 1 aliphatic heterocycles. The molecule has 31 heavy (non-hydrogen) atoms. The summed E-state index contributed by atoms with van der Waals surface area (Å²) in [4.78, 5) is 30.4. The molecule has 0 aliphatic carbocycles. The lowest BCUT2D eigenvalue weighted by molar-refractivity contribution is -0.763. The summed E-state index contributed by atoms with van der Waals surface area (Å²) < 4.78 is 7.24. The maximum atomic E-state index is 13.1. The summed E-state index contributed by atoms with van der Waals surface area (Å²) in [5.74, 6) is 1.31. The molecular weight excluding hydrogens is 412 g/mol. The zero-order valence-electron chi connectivity index (χ0n) is 17.4. The number of H-pyrrole nitrogens is 1. The van der Waals surface area contributed by atoms with Gasteiger partial charge < -0.3 is 4.74 Å². The number of ether oxygens (including phenoxy) is 1. The number of para-hydroxylation sites is 1. The predicted molar refractivity (Wildman–Crippen MR) is 120 cm³/mol. The molecule has 0 saturated carbocycles. The Kier molecular flexibility index (Phi) is 5.90. The van der Waals surface area contributed by atoms with Crippen LogP contribution >= 0.6 is 11.8 Å². The molecule has 8 heteroatoms. The van der Waals surface area contributed by atoms with Crippen molar-refractivity contribution in [3.8, 4) is 17.0 Å². The van der Waals surface area contributed by atoms with Crippen molar-refractivity contribution in [3.63, 3.8) is 0 Å². The number of nitrogens with zero attached hydrogens (tertiary/aromatic N) is 3. The second-order valence-corrected chi connectivity index (χ2v) is 8.19. The molecule has 0 fully saturated rings. The van der Waals surface area contributed by atoms with Crippen LogP contribution in [0.15, 0.2) is 71.1 Å². The third-order valence-corrected chi connectivity index (χ3v) is 5.67. The Morgan fingerprint density at radius 3 is 2.71 bits per heavy atom. The summed E-state index contributed by atoms with van der Waals surface area (Å²) in [7, 11) is 0. The van der Waals surface area contributed by atoms with E-state index in [-0.39, 0.29) is 11.5 Å². The van der Waals surface area contributed by atoms with Crippen molar-refractivity contribution in [2.24, 2.45) is 0 Å². The fraction of sp³-hybridized carbons (Fsp3) is 0.217. The van der Waals surface area contributed by atoms with Gasteiger partial charge in [0, 0.05) is 17.6 Å². The topological polar surface area (TPSA) is 79.2 Å². The Balaban J connectivity index is 1.94. The average molecular weight is 436 g/mol. The van der Waals surface area contributed by atoms with Crippen molar-refractivity contribution in [3.05, 3.63) is 77.1 Å². The Morgan fingerprint density at radius 2 is 2.03 bits per heavy atom. The molecule has 1 atom stereocenters. The van der Waals surface area contributed by atoms with Gasteiger partial charge in [-0.3, -0.25) is 14.6 Å². The van der Waals surface area contributed by atoms with Gasteiger partial charge in [0.25, 0.3) is 6.17 Å². The minimum Gasteiger partial charge on any atom is -0.490 e. The quantitative estimate of drug-likeness (QED) is 0.365. The molecule has 1 N–H and O–H groups in total. The number of benzene rings is 2. The Morgan fingerprint density at radius 1 is 1.29 bits per heavy atom. The van der Waals surface area contributed by atoms with Crippen LogP contribution in [0.1, 0.15) is 25.6 Å². The SMILES string of the molecule is C=CCOc1ccc([C@@H]2N(C(C)=O)c3ccccc3-c3c(=O)[nH]c(SCC)n[n+]32)cc1. The van der Waals surface area contributed by atoms with Crippen molar-refractivity contribution < 1.29 is 14.2 Å². The Labute approximate surface area is 184 Å². The number of thioether (sulfide) groups is 1. The number of fused-ring (bicyclic) bond motifs is 3. The van der Waals surface area contributed by atoms with Gasteiger partial charge in [-0.15, -0.1) is 0 Å². The zero-order valence-corrected chi connectivity index (χ0v) is 18.2. The van der Waals surface area contributed by atoms with Crippen molar-refractivity contribution in [2.75, 3.05) is 17.3 Å². The molecule has 1 aliphatic rings. The molecule has 1 aromatic heterocycles. The van der Waals surface area contributed by atoms with Crippen LogP contribution in [0.4, 0.5) is 5.69 Å². The molecule has 0 spiro atoms. The number of aromatic amines is 1. The number of aromatic nitrogens is 3. The summed E-state index contributed by atoms with van der Waals surface area (Å²) in [6.07, 6.45) is 1.08. The summed E-state index contributed by atoms with van der Waals surface area (Å²) >= 11 is 1.44. The van der Waals surface area contributed by atoms with E-state index < -0.39 is 6.17 Å². The summed E-state index contributed by atoms with van der Waals surface area (Å²) in [6.45, 7) is 7.57. The number of hydrogen-bond acceptors (Lipinski definition) is 5. The number of anilines is 1. The molecule has 3 aromatic rings. The minimum absolute atomic E-state index is 0.144. The molecule has 0 radical (unpaired) electrons. The van der Waals surface area contributed by atoms with E-state index in [4.69, 9.17) is 9.84 Å². The molecule has 0 bridgehead atoms. The Bertz CT molecular complexity index is 1190. The van der Waals surface area contributed by atoms with Gasteiger partial charge in [0.2, 0.25) is 11.1 Å². The van der Waals surface area contributed by atoms with Crippen molar-refractivity contribution in [1.82, 2.24) is 10.1 Å². The molecular formula is C23H23N4O3S+. The van der Waals surface area contributed by atoms with Gasteiger partial charge >= 0.3 is 11.3 Å². The average Bonchev–Trinajstić information content (AvgIpc) is 2.77. The van der Waals surface area contributed by atoms with E-state index in [9.17, 15) is 9.59 Å². The molecule has 0 unspecified atom stereocenters. The highest BCUT2D eigenvalue weighted by Gasteiger charge is 2.44. The zero-order chi connectivity index (χ0) is 22.0. The van der Waals surface area contributed by atoms with Gasteiger partial charge in [-0.25, -0.2) is 4.90 Å². The first-order chi connectivity index (χ1) is 15.0. The monoisotopic (exact) mass is 435 g/mol. The first kappa shape index (κ1) is 20.9. The number of hydrogen-bond donors (Lipinski definition) is 1. The van der Waals surface area contributed by atoms with E-state index in [1.807, 2.05) is 55.5 Å². The number of carbonyl (C=O) groups is 1. The van der Waals surface area contributed by atoms with E-state index in [1.165, 1.54) is 18.7 Å². The largest absolute Gasteiger partial charge is 0.490 e. The van der Waals surface area contributed by atoms with Gasteiger partial charge in [0.05, 0.1) is 11.3 Å². The van der Waals surface area contributed by atoms with Crippen molar-refractivity contribution in [1.29, 1.82) is 0 Å². The van der Waals surface area contributed by atoms with Crippen LogP contribution in [-0.2, 0) is 4.79 Å². The minimum atomic E-state index is -0.602. The van der Waals surface area contributed by atoms with Gasteiger partial charge in [0.1, 0.15) is 12.4 Å². The fourth-order valence-electron chi connectivity index (χ4n) is 3.71.